The maximum absolute atomic E-state index is 11.4. The molecule has 0 saturated heterocycles. The van der Waals surface area contributed by atoms with Crippen LogP contribution in [0.2, 0.25) is 0 Å². The van der Waals surface area contributed by atoms with Gasteiger partial charge >= 0.3 is 0 Å². The Morgan fingerprint density at radius 2 is 2.29 bits per heavy atom. The molecule has 1 atom stereocenters. The fraction of sp³-hybridized carbons (Fsp3) is 0.273. The Bertz CT molecular complexity index is 420. The van der Waals surface area contributed by atoms with Gasteiger partial charge in [-0.25, -0.2) is 0 Å². The second-order valence-corrected chi connectivity index (χ2v) is 3.37. The van der Waals surface area contributed by atoms with Gasteiger partial charge in [0.2, 0.25) is 5.91 Å². The fourth-order valence-electron chi connectivity index (χ4n) is 1.88. The minimum Gasteiger partial charge on any atom is -0.296 e. The number of amides is 1. The molecular weight excluding hydrogens is 176 g/mol. The predicted molar refractivity (Wildman–Crippen MR) is 52.7 cm³/mol. The zero-order chi connectivity index (χ0) is 10.1. The summed E-state index contributed by atoms with van der Waals surface area (Å²) in [6.45, 7) is 1.49. The van der Waals surface area contributed by atoms with Crippen LogP contribution in [0.4, 0.5) is 5.69 Å². The lowest BCUT2D eigenvalue weighted by molar-refractivity contribution is -0.116. The molecule has 0 aliphatic carbocycles. The molecule has 0 aromatic heterocycles. The molecule has 0 spiro atoms. The Balaban J connectivity index is 2.48. The minimum absolute atomic E-state index is 0.0681. The summed E-state index contributed by atoms with van der Waals surface area (Å²) in [7, 11) is 0. The van der Waals surface area contributed by atoms with Gasteiger partial charge in [-0.15, -0.1) is 0 Å². The molecule has 70 valence electrons. The summed E-state index contributed by atoms with van der Waals surface area (Å²) in [5.74, 6) is -0.0681. The molecule has 3 heteroatoms. The van der Waals surface area contributed by atoms with Crippen molar-refractivity contribution in [3.05, 3.63) is 29.8 Å². The average molecular weight is 186 g/mol. The molecule has 1 amide bonds. The van der Waals surface area contributed by atoms with E-state index in [-0.39, 0.29) is 11.9 Å². The van der Waals surface area contributed by atoms with Crippen LogP contribution in [-0.2, 0) is 11.2 Å². The van der Waals surface area contributed by atoms with Gasteiger partial charge in [-0.3, -0.25) is 9.69 Å². The van der Waals surface area contributed by atoms with Gasteiger partial charge in [-0.2, -0.15) is 5.26 Å². The summed E-state index contributed by atoms with van der Waals surface area (Å²) in [6, 6.07) is 9.47. The predicted octanol–water partition coefficient (Wildman–Crippen LogP) is 1.49. The van der Waals surface area contributed by atoms with E-state index >= 15 is 0 Å². The second-order valence-electron chi connectivity index (χ2n) is 3.37. The van der Waals surface area contributed by atoms with Crippen LogP contribution in [0.3, 0.4) is 0 Å². The lowest BCUT2D eigenvalue weighted by Gasteiger charge is -2.18. The number of hydrogen-bond donors (Lipinski definition) is 0. The van der Waals surface area contributed by atoms with Crippen LogP contribution in [0.25, 0.3) is 0 Å². The number of carbonyl (C=O) groups is 1. The summed E-state index contributed by atoms with van der Waals surface area (Å²) in [5.41, 5.74) is 1.96. The van der Waals surface area contributed by atoms with Gasteiger partial charge in [0, 0.05) is 19.0 Å². The lowest BCUT2D eigenvalue weighted by Crippen LogP contribution is -2.34. The van der Waals surface area contributed by atoms with Crippen molar-refractivity contribution in [1.29, 1.82) is 5.26 Å². The molecule has 1 heterocycles. The zero-order valence-electron chi connectivity index (χ0n) is 7.90. The molecule has 0 saturated carbocycles. The van der Waals surface area contributed by atoms with Gasteiger partial charge in [-0.05, 0) is 11.6 Å². The van der Waals surface area contributed by atoms with Crippen molar-refractivity contribution < 1.29 is 4.79 Å². The van der Waals surface area contributed by atoms with Crippen molar-refractivity contribution >= 4 is 11.6 Å². The second kappa shape index (κ2) is 3.15. The van der Waals surface area contributed by atoms with E-state index in [0.29, 0.717) is 6.42 Å². The number of nitriles is 1. The molecule has 1 aromatic rings. The van der Waals surface area contributed by atoms with Gasteiger partial charge in [0.15, 0.2) is 0 Å². The molecule has 0 fully saturated rings. The third kappa shape index (κ3) is 1.16. The van der Waals surface area contributed by atoms with Gasteiger partial charge in [0.25, 0.3) is 0 Å². The van der Waals surface area contributed by atoms with E-state index in [4.69, 9.17) is 5.26 Å². The number of rotatable bonds is 0. The number of para-hydroxylation sites is 1. The molecule has 1 aromatic carbocycles. The third-order valence-corrected chi connectivity index (χ3v) is 2.46. The van der Waals surface area contributed by atoms with Gasteiger partial charge in [0.05, 0.1) is 6.07 Å². The van der Waals surface area contributed by atoms with E-state index in [1.165, 1.54) is 6.92 Å². The monoisotopic (exact) mass is 186 g/mol. The van der Waals surface area contributed by atoms with E-state index in [2.05, 4.69) is 6.07 Å². The summed E-state index contributed by atoms with van der Waals surface area (Å²) in [4.78, 5) is 12.9. The molecule has 1 unspecified atom stereocenters. The number of carbonyl (C=O) groups excluding carboxylic acids is 1. The fourth-order valence-corrected chi connectivity index (χ4v) is 1.88. The van der Waals surface area contributed by atoms with Crippen molar-refractivity contribution in [1.82, 2.24) is 0 Å². The Morgan fingerprint density at radius 1 is 1.57 bits per heavy atom. The Kier molecular flexibility index (Phi) is 1.97. The van der Waals surface area contributed by atoms with Crippen LogP contribution < -0.4 is 4.90 Å². The van der Waals surface area contributed by atoms with Crippen molar-refractivity contribution in [3.63, 3.8) is 0 Å². The SMILES string of the molecule is CC(=O)N1c2ccccc2CC1C#N. The van der Waals surface area contributed by atoms with E-state index in [9.17, 15) is 4.79 Å². The molecule has 0 bridgehead atoms. The van der Waals surface area contributed by atoms with Crippen molar-refractivity contribution in [2.24, 2.45) is 0 Å². The van der Waals surface area contributed by atoms with Crippen LogP contribution in [0.15, 0.2) is 24.3 Å². The molecule has 0 N–H and O–H groups in total. The number of anilines is 1. The molecule has 0 radical (unpaired) electrons. The van der Waals surface area contributed by atoms with Crippen LogP contribution >= 0.6 is 0 Å². The number of benzene rings is 1. The maximum Gasteiger partial charge on any atom is 0.225 e. The van der Waals surface area contributed by atoms with E-state index in [0.717, 1.165) is 11.3 Å². The first kappa shape index (κ1) is 8.76. The van der Waals surface area contributed by atoms with Crippen LogP contribution in [-0.4, -0.2) is 11.9 Å². The van der Waals surface area contributed by atoms with Crippen LogP contribution in [0.1, 0.15) is 12.5 Å². The molecule has 3 nitrogen and oxygen atoms in total. The van der Waals surface area contributed by atoms with Gasteiger partial charge in [0.1, 0.15) is 6.04 Å². The third-order valence-electron chi connectivity index (χ3n) is 2.46. The number of nitrogens with zero attached hydrogens (tertiary/aromatic N) is 2. The standard InChI is InChI=1S/C11H10N2O/c1-8(14)13-10(7-12)6-9-4-2-3-5-11(9)13/h2-5,10H,6H2,1H3. The van der Waals surface area contributed by atoms with E-state index in [1.54, 1.807) is 4.90 Å². The van der Waals surface area contributed by atoms with Crippen LogP contribution in [0.5, 0.6) is 0 Å². The van der Waals surface area contributed by atoms with Gasteiger partial charge < -0.3 is 0 Å². The molecule has 2 rings (SSSR count). The highest BCUT2D eigenvalue weighted by atomic mass is 16.2. The number of hydrogen-bond acceptors (Lipinski definition) is 2. The first-order valence-electron chi connectivity index (χ1n) is 4.51. The molecular formula is C11H10N2O. The average Bonchev–Trinajstić information content (AvgIpc) is 2.55. The highest BCUT2D eigenvalue weighted by Crippen LogP contribution is 2.31. The zero-order valence-corrected chi connectivity index (χ0v) is 7.90. The first-order chi connectivity index (χ1) is 6.74. The van der Waals surface area contributed by atoms with Gasteiger partial charge in [-0.1, -0.05) is 18.2 Å². The lowest BCUT2D eigenvalue weighted by atomic mass is 10.1. The Labute approximate surface area is 82.6 Å². The minimum atomic E-state index is -0.329. The maximum atomic E-state index is 11.4. The smallest absolute Gasteiger partial charge is 0.225 e. The van der Waals surface area contributed by atoms with Crippen molar-refractivity contribution in [2.75, 3.05) is 4.90 Å². The van der Waals surface area contributed by atoms with E-state index in [1.807, 2.05) is 24.3 Å². The normalized spacial score (nSPS) is 18.9. The summed E-state index contributed by atoms with van der Waals surface area (Å²) < 4.78 is 0. The Morgan fingerprint density at radius 3 is 2.93 bits per heavy atom. The van der Waals surface area contributed by atoms with E-state index < -0.39 is 0 Å². The summed E-state index contributed by atoms with van der Waals surface area (Å²) >= 11 is 0. The first-order valence-corrected chi connectivity index (χ1v) is 4.51. The van der Waals surface area contributed by atoms with Crippen LogP contribution in [0, 0.1) is 11.3 Å². The highest BCUT2D eigenvalue weighted by Gasteiger charge is 2.31. The van der Waals surface area contributed by atoms with Crippen molar-refractivity contribution in [2.45, 2.75) is 19.4 Å². The summed E-state index contributed by atoms with van der Waals surface area (Å²) in [6.07, 6.45) is 0.645. The molecule has 1 aliphatic rings. The summed E-state index contributed by atoms with van der Waals surface area (Å²) in [5, 5.41) is 8.91. The quantitative estimate of drug-likeness (QED) is 0.616. The number of fused-ring (bicyclic) bond motifs is 1. The highest BCUT2D eigenvalue weighted by molar-refractivity contribution is 5.95. The largest absolute Gasteiger partial charge is 0.296 e. The van der Waals surface area contributed by atoms with Crippen molar-refractivity contribution in [3.8, 4) is 6.07 Å². The molecule has 1 aliphatic heterocycles. The Hall–Kier alpha value is -1.82. The molecule has 14 heavy (non-hydrogen) atoms. The topological polar surface area (TPSA) is 44.1 Å².